The second kappa shape index (κ2) is 12.3. The Morgan fingerprint density at radius 1 is 1.06 bits per heavy atom. The van der Waals surface area contributed by atoms with Crippen molar-refractivity contribution in [2.24, 2.45) is 5.92 Å². The Bertz CT molecular complexity index is 1980. The van der Waals surface area contributed by atoms with Gasteiger partial charge in [0.15, 0.2) is 17.4 Å². The molecule has 0 radical (unpaired) electrons. The van der Waals surface area contributed by atoms with Crippen LogP contribution in [0.2, 0.25) is 0 Å². The lowest BCUT2D eigenvalue weighted by molar-refractivity contribution is -0.443. The molecule has 4 fully saturated rings. The smallest absolute Gasteiger partial charge is 0.413 e. The van der Waals surface area contributed by atoms with Gasteiger partial charge in [-0.2, -0.15) is 9.97 Å². The maximum absolute atomic E-state index is 16.4. The van der Waals surface area contributed by atoms with Gasteiger partial charge in [0.2, 0.25) is 0 Å². The molecule has 3 saturated heterocycles. The number of nitrogens with two attached hydrogens (primary N) is 1. The summed E-state index contributed by atoms with van der Waals surface area (Å²) in [5.41, 5.74) is 4.76. The van der Waals surface area contributed by atoms with Gasteiger partial charge in [-0.05, 0) is 37.9 Å². The van der Waals surface area contributed by atoms with E-state index in [1.165, 1.54) is 25.1 Å². The average molecular weight is 705 g/mol. The fraction of sp³-hybridized carbons (Fsp3) is 0.469. The molecule has 0 spiro atoms. The van der Waals surface area contributed by atoms with E-state index in [-0.39, 0.29) is 53.1 Å². The zero-order valence-corrected chi connectivity index (χ0v) is 26.2. The number of alkyl halides is 1. The first kappa shape index (κ1) is 33.0. The Balaban J connectivity index is 0.000000346. The second-order valence-corrected chi connectivity index (χ2v) is 12.9. The Morgan fingerprint density at radius 2 is 1.88 bits per heavy atom. The molecule has 5 unspecified atom stereocenters. The summed E-state index contributed by atoms with van der Waals surface area (Å²) in [6.07, 6.45) is -0.358. The van der Waals surface area contributed by atoms with Crippen LogP contribution in [0.1, 0.15) is 19.3 Å². The van der Waals surface area contributed by atoms with E-state index in [1.807, 2.05) is 0 Å². The number of nitrogens with zero attached hydrogens (tertiary/aromatic N) is 5. The van der Waals surface area contributed by atoms with Crippen molar-refractivity contribution in [3.63, 3.8) is 0 Å². The van der Waals surface area contributed by atoms with E-state index < -0.39 is 77.2 Å². The molecule has 7 heterocycles. The van der Waals surface area contributed by atoms with Crippen molar-refractivity contribution in [1.82, 2.24) is 19.9 Å². The molecule has 6 N–H and O–H groups in total. The number of hydrogen-bond donors (Lipinski definition) is 5. The lowest BCUT2D eigenvalue weighted by atomic mass is 9.98. The van der Waals surface area contributed by atoms with Gasteiger partial charge in [0.05, 0.1) is 30.7 Å². The lowest BCUT2D eigenvalue weighted by Gasteiger charge is -2.28. The van der Waals surface area contributed by atoms with Crippen LogP contribution in [0.25, 0.3) is 32.9 Å². The van der Waals surface area contributed by atoms with Crippen molar-refractivity contribution in [3.8, 4) is 23.0 Å². The number of rotatable bonds is 2. The number of fused-ring (bicyclic) bond motifs is 4. The molecule has 4 bridgehead atoms. The molecular formula is C32H32F4N6O8. The highest BCUT2D eigenvalue weighted by Gasteiger charge is 2.60. The van der Waals surface area contributed by atoms with Gasteiger partial charge in [0.1, 0.15) is 29.0 Å². The number of benzene rings is 2. The maximum Gasteiger partial charge on any atom is 0.456 e. The Morgan fingerprint density at radius 3 is 2.66 bits per heavy atom. The first-order chi connectivity index (χ1) is 23.9. The van der Waals surface area contributed by atoms with Gasteiger partial charge in [-0.1, -0.05) is 0 Å². The molecule has 5 aliphatic heterocycles. The molecule has 10 rings (SSSR count). The number of ether oxygens (including phenoxy) is 4. The van der Waals surface area contributed by atoms with Crippen molar-refractivity contribution < 1.29 is 56.9 Å². The minimum Gasteiger partial charge on any atom is -0.413 e. The third-order valence-electron chi connectivity index (χ3n) is 9.68. The quantitative estimate of drug-likeness (QED) is 0.116. The summed E-state index contributed by atoms with van der Waals surface area (Å²) in [6, 6.07) is 2.11. The van der Waals surface area contributed by atoms with Gasteiger partial charge in [0, 0.05) is 59.3 Å². The van der Waals surface area contributed by atoms with E-state index in [0.29, 0.717) is 18.7 Å². The normalized spacial score (nSPS) is 26.7. The van der Waals surface area contributed by atoms with E-state index >= 15 is 13.2 Å². The Hall–Kier alpha value is -4.17. The fourth-order valence-electron chi connectivity index (χ4n) is 7.56. The number of aromatic nitrogens is 3. The van der Waals surface area contributed by atoms with E-state index in [1.54, 1.807) is 4.90 Å². The second-order valence-electron chi connectivity index (χ2n) is 12.9. The number of halogens is 4. The molecule has 1 aliphatic carbocycles. The molecule has 1 saturated carbocycles. The van der Waals surface area contributed by atoms with E-state index in [0.717, 1.165) is 19.0 Å². The van der Waals surface area contributed by atoms with Crippen molar-refractivity contribution >= 4 is 33.2 Å². The number of aliphatic hydroxyl groups is 4. The summed E-state index contributed by atoms with van der Waals surface area (Å²) >= 11 is 0. The summed E-state index contributed by atoms with van der Waals surface area (Å²) in [7, 11) is 0. The van der Waals surface area contributed by atoms with Crippen LogP contribution in [-0.2, 0) is 9.47 Å². The number of hydrogen-bond acceptors (Lipinski definition) is 14. The third kappa shape index (κ3) is 5.79. The van der Waals surface area contributed by atoms with Crippen LogP contribution in [0.3, 0.4) is 0 Å². The largest absolute Gasteiger partial charge is 0.456 e. The number of nitrogen functional groups attached to an aromatic ring is 1. The topological polar surface area (TPSA) is 189 Å². The van der Waals surface area contributed by atoms with E-state index in [2.05, 4.69) is 19.9 Å². The predicted octanol–water partition coefficient (Wildman–Crippen LogP) is 1.89. The molecule has 50 heavy (non-hydrogen) atoms. The van der Waals surface area contributed by atoms with Crippen molar-refractivity contribution in [2.75, 3.05) is 43.5 Å². The molecule has 2 aromatic heterocycles. The molecule has 2 aromatic carbocycles. The highest BCUT2D eigenvalue weighted by Crippen LogP contribution is 2.48. The Kier molecular flexibility index (Phi) is 8.09. The van der Waals surface area contributed by atoms with Gasteiger partial charge in [0.25, 0.3) is 0 Å². The summed E-state index contributed by atoms with van der Waals surface area (Å²) in [5, 5.41) is 39.5. The van der Waals surface area contributed by atoms with E-state index in [4.69, 9.17) is 24.7 Å². The Labute approximate surface area is 280 Å². The van der Waals surface area contributed by atoms with E-state index in [9.17, 15) is 24.8 Å². The van der Waals surface area contributed by atoms with Gasteiger partial charge < -0.3 is 45.3 Å². The molecule has 6 aliphatic rings. The zero-order valence-electron chi connectivity index (χ0n) is 26.2. The molecular weight excluding hydrogens is 672 g/mol. The van der Waals surface area contributed by atoms with Gasteiger partial charge >= 0.3 is 18.6 Å². The third-order valence-corrected chi connectivity index (χ3v) is 9.68. The summed E-state index contributed by atoms with van der Waals surface area (Å²) < 4.78 is 80.4. The average Bonchev–Trinajstić information content (AvgIpc) is 3.40. The maximum atomic E-state index is 16.4. The van der Waals surface area contributed by atoms with Crippen LogP contribution in [0.15, 0.2) is 24.4 Å². The minimum atomic E-state index is -3.43. The molecule has 14 nitrogen and oxygen atoms in total. The van der Waals surface area contributed by atoms with Crippen LogP contribution < -0.4 is 20.1 Å². The van der Waals surface area contributed by atoms with Crippen LogP contribution >= 0.6 is 0 Å². The van der Waals surface area contributed by atoms with Crippen LogP contribution in [0, 0.1) is 23.4 Å². The van der Waals surface area contributed by atoms with Crippen LogP contribution in [0.5, 0.6) is 11.8 Å². The standard InChI is InChI=1S/C25H20F3N5O8.C7H12FN/c26-13-5-14(27)21-15-9(13)3-8(29)4-10(15)17-16(28)18-11(6-30-17)22(32-23(31-18)39-24(34)35)33-1-2-38-7-12-19(33)20(12)40-25(36,37)41-21;8-6-4-7-2-1-3-9(7)5-6/h3-6,12,19-20,24,34-37H,1-2,7,29H2;6-7H,1-5H2. The number of pyridine rings is 1. The number of aliphatic hydroxyl groups excluding tert-OH is 1. The van der Waals surface area contributed by atoms with Crippen LogP contribution in [0.4, 0.5) is 29.1 Å². The zero-order chi connectivity index (χ0) is 35.1. The molecule has 4 aromatic rings. The highest BCUT2D eigenvalue weighted by molar-refractivity contribution is 6.04. The first-order valence-corrected chi connectivity index (χ1v) is 16.0. The van der Waals surface area contributed by atoms with Crippen molar-refractivity contribution in [1.29, 1.82) is 0 Å². The number of anilines is 2. The van der Waals surface area contributed by atoms with Crippen molar-refractivity contribution in [3.05, 3.63) is 41.8 Å². The fourth-order valence-corrected chi connectivity index (χ4v) is 7.56. The molecule has 266 valence electrons. The highest BCUT2D eigenvalue weighted by atomic mass is 19.1. The van der Waals surface area contributed by atoms with Gasteiger partial charge in [-0.15, -0.1) is 0 Å². The predicted molar refractivity (Wildman–Crippen MR) is 166 cm³/mol. The molecule has 0 amide bonds. The monoisotopic (exact) mass is 704 g/mol. The molecule has 18 heteroatoms. The van der Waals surface area contributed by atoms with Gasteiger partial charge in [-0.25, -0.2) is 17.6 Å². The minimum absolute atomic E-state index is 0.0462. The first-order valence-electron chi connectivity index (χ1n) is 16.0. The summed E-state index contributed by atoms with van der Waals surface area (Å²) in [5.74, 6) is -4.86. The summed E-state index contributed by atoms with van der Waals surface area (Å²) in [4.78, 5) is 16.4. The molecule has 5 atom stereocenters. The van der Waals surface area contributed by atoms with Crippen molar-refractivity contribution in [2.45, 2.75) is 56.3 Å². The van der Waals surface area contributed by atoms with Crippen LogP contribution in [-0.4, -0.2) is 110 Å². The SMILES string of the molecule is FC1CC2CCCN2C1.Nc1cc2c3c(c(F)cc(F)c3c1)OC(O)(O)OC1C3COCCN(c4nc(OC(O)O)nc5c(F)c-2ncc45)C31. The van der Waals surface area contributed by atoms with Gasteiger partial charge in [-0.3, -0.25) is 14.6 Å². The lowest BCUT2D eigenvalue weighted by Crippen LogP contribution is -2.42. The summed E-state index contributed by atoms with van der Waals surface area (Å²) in [6.45, 7) is -0.00788.